The standard InChI is InChI=1S/C22H27N3O5S2/c1-15-5-4-6-16(2)25(15)32(29,30)19-9-7-18(8-10-19)23-31(27,28)20-11-12-21-17(13-20)14-22(26)24(21)3/h7-13,15-16,23H,4-6,14H2,1-3H3. The van der Waals surface area contributed by atoms with Crippen LogP contribution in [-0.4, -0.2) is 46.2 Å². The molecule has 0 saturated carbocycles. The molecule has 1 saturated heterocycles. The summed E-state index contributed by atoms with van der Waals surface area (Å²) in [7, 11) is -5.91. The first-order valence-electron chi connectivity index (χ1n) is 10.6. The molecule has 2 unspecified atom stereocenters. The number of sulfonamides is 2. The first-order valence-corrected chi connectivity index (χ1v) is 13.5. The Kier molecular flexibility index (Phi) is 5.81. The SMILES string of the molecule is CC1CCCC(C)N1S(=O)(=O)c1ccc(NS(=O)(=O)c2ccc3c(c2)CC(=O)N3C)cc1. The van der Waals surface area contributed by atoms with Crippen LogP contribution in [0.3, 0.4) is 0 Å². The van der Waals surface area contributed by atoms with Gasteiger partial charge in [0.15, 0.2) is 0 Å². The number of carbonyl (C=O) groups is 1. The third kappa shape index (κ3) is 4.02. The second-order valence-electron chi connectivity index (χ2n) is 8.51. The van der Waals surface area contributed by atoms with E-state index in [2.05, 4.69) is 4.72 Å². The van der Waals surface area contributed by atoms with Gasteiger partial charge in [-0.3, -0.25) is 9.52 Å². The summed E-state index contributed by atoms with van der Waals surface area (Å²) < 4.78 is 56.0. The Morgan fingerprint density at radius 2 is 1.50 bits per heavy atom. The van der Waals surface area contributed by atoms with Crippen molar-refractivity contribution in [2.45, 2.75) is 61.4 Å². The van der Waals surface area contributed by atoms with E-state index in [-0.39, 0.29) is 39.9 Å². The molecule has 32 heavy (non-hydrogen) atoms. The Hall–Kier alpha value is -2.43. The number of hydrogen-bond acceptors (Lipinski definition) is 5. The molecule has 0 radical (unpaired) electrons. The van der Waals surface area contributed by atoms with Gasteiger partial charge < -0.3 is 4.90 Å². The van der Waals surface area contributed by atoms with E-state index in [1.807, 2.05) is 13.8 Å². The van der Waals surface area contributed by atoms with Crippen molar-refractivity contribution in [1.82, 2.24) is 4.31 Å². The van der Waals surface area contributed by atoms with Crippen molar-refractivity contribution in [2.24, 2.45) is 0 Å². The Labute approximate surface area is 189 Å². The van der Waals surface area contributed by atoms with E-state index in [9.17, 15) is 21.6 Å². The second-order valence-corrected chi connectivity index (χ2v) is 12.0. The summed E-state index contributed by atoms with van der Waals surface area (Å²) in [6, 6.07) is 10.2. The Morgan fingerprint density at radius 1 is 0.906 bits per heavy atom. The van der Waals surface area contributed by atoms with Crippen molar-refractivity contribution in [3.63, 3.8) is 0 Å². The van der Waals surface area contributed by atoms with Crippen molar-refractivity contribution in [2.75, 3.05) is 16.7 Å². The van der Waals surface area contributed by atoms with Crippen molar-refractivity contribution in [3.05, 3.63) is 48.0 Å². The van der Waals surface area contributed by atoms with Crippen LogP contribution in [0.1, 0.15) is 38.7 Å². The van der Waals surface area contributed by atoms with Crippen LogP contribution >= 0.6 is 0 Å². The molecule has 0 spiro atoms. The number of nitrogens with one attached hydrogen (secondary N) is 1. The van der Waals surface area contributed by atoms with Gasteiger partial charge in [-0.2, -0.15) is 4.31 Å². The highest BCUT2D eigenvalue weighted by atomic mass is 32.2. The number of likely N-dealkylation sites (N-methyl/N-ethyl adjacent to an activating group) is 1. The van der Waals surface area contributed by atoms with E-state index in [0.29, 0.717) is 11.3 Å². The minimum atomic E-state index is -3.90. The third-order valence-corrected chi connectivity index (χ3v) is 9.75. The summed E-state index contributed by atoms with van der Waals surface area (Å²) in [6.45, 7) is 3.83. The first kappa shape index (κ1) is 22.8. The van der Waals surface area contributed by atoms with E-state index in [0.717, 1.165) is 19.3 Å². The average Bonchev–Trinajstić information content (AvgIpc) is 3.01. The van der Waals surface area contributed by atoms with E-state index >= 15 is 0 Å². The lowest BCUT2D eigenvalue weighted by molar-refractivity contribution is -0.117. The van der Waals surface area contributed by atoms with Crippen LogP contribution in [0.5, 0.6) is 0 Å². The minimum Gasteiger partial charge on any atom is -0.315 e. The normalized spacial score (nSPS) is 22.1. The predicted molar refractivity (Wildman–Crippen MR) is 123 cm³/mol. The summed E-state index contributed by atoms with van der Waals surface area (Å²) in [5.74, 6) is -0.0864. The van der Waals surface area contributed by atoms with Gasteiger partial charge in [-0.1, -0.05) is 6.42 Å². The molecule has 2 atom stereocenters. The summed E-state index contributed by atoms with van der Waals surface area (Å²) in [5.41, 5.74) is 1.62. The van der Waals surface area contributed by atoms with Gasteiger partial charge in [0.05, 0.1) is 16.2 Å². The molecule has 2 aromatic carbocycles. The quantitative estimate of drug-likeness (QED) is 0.713. The maximum absolute atomic E-state index is 13.1. The van der Waals surface area contributed by atoms with Gasteiger partial charge in [0, 0.05) is 30.5 Å². The number of piperidine rings is 1. The number of rotatable bonds is 5. The van der Waals surface area contributed by atoms with Crippen LogP contribution in [0.15, 0.2) is 52.3 Å². The molecule has 2 heterocycles. The molecule has 2 aliphatic rings. The minimum absolute atomic E-state index is 0.0482. The number of amides is 1. The summed E-state index contributed by atoms with van der Waals surface area (Å²) >= 11 is 0. The van der Waals surface area contributed by atoms with E-state index < -0.39 is 20.0 Å². The smallest absolute Gasteiger partial charge is 0.261 e. The largest absolute Gasteiger partial charge is 0.315 e. The van der Waals surface area contributed by atoms with Gasteiger partial charge in [0.2, 0.25) is 15.9 Å². The maximum atomic E-state index is 13.1. The fourth-order valence-corrected chi connectivity index (χ4v) is 7.51. The molecule has 2 aliphatic heterocycles. The number of anilines is 2. The second kappa shape index (κ2) is 8.17. The van der Waals surface area contributed by atoms with Gasteiger partial charge in [-0.05, 0) is 74.7 Å². The average molecular weight is 478 g/mol. The Balaban J connectivity index is 1.55. The molecular weight excluding hydrogens is 450 g/mol. The lowest BCUT2D eigenvalue weighted by atomic mass is 10.0. The van der Waals surface area contributed by atoms with Crippen LogP contribution in [0.2, 0.25) is 0 Å². The predicted octanol–water partition coefficient (Wildman–Crippen LogP) is 2.96. The van der Waals surface area contributed by atoms with Gasteiger partial charge in [0.1, 0.15) is 0 Å². The number of benzene rings is 2. The van der Waals surface area contributed by atoms with Crippen LogP contribution in [0.4, 0.5) is 11.4 Å². The lowest BCUT2D eigenvalue weighted by Crippen LogP contribution is -2.47. The summed E-state index contributed by atoms with van der Waals surface area (Å²) in [5, 5.41) is 0. The zero-order valence-electron chi connectivity index (χ0n) is 18.3. The monoisotopic (exact) mass is 477 g/mol. The van der Waals surface area contributed by atoms with Crippen LogP contribution < -0.4 is 9.62 Å². The third-order valence-electron chi connectivity index (χ3n) is 6.23. The molecule has 1 fully saturated rings. The Bertz CT molecular complexity index is 1250. The molecule has 1 N–H and O–H groups in total. The highest BCUT2D eigenvalue weighted by molar-refractivity contribution is 7.92. The zero-order chi connectivity index (χ0) is 23.3. The maximum Gasteiger partial charge on any atom is 0.261 e. The van der Waals surface area contributed by atoms with E-state index in [1.165, 1.54) is 41.3 Å². The molecule has 1 amide bonds. The fraction of sp³-hybridized carbons (Fsp3) is 0.409. The Morgan fingerprint density at radius 3 is 2.12 bits per heavy atom. The van der Waals surface area contributed by atoms with Crippen molar-refractivity contribution in [3.8, 4) is 0 Å². The summed E-state index contributed by atoms with van der Waals surface area (Å²) in [6.07, 6.45) is 2.81. The fourth-order valence-electron chi connectivity index (χ4n) is 4.52. The van der Waals surface area contributed by atoms with Crippen molar-refractivity contribution < 1.29 is 21.6 Å². The molecule has 0 bridgehead atoms. The van der Waals surface area contributed by atoms with Crippen LogP contribution in [0, 0.1) is 0 Å². The van der Waals surface area contributed by atoms with Crippen molar-refractivity contribution >= 4 is 37.3 Å². The molecule has 4 rings (SSSR count). The van der Waals surface area contributed by atoms with Crippen molar-refractivity contribution in [1.29, 1.82) is 0 Å². The molecule has 10 heteroatoms. The first-order chi connectivity index (χ1) is 15.0. The number of carbonyl (C=O) groups excluding carboxylic acids is 1. The lowest BCUT2D eigenvalue weighted by Gasteiger charge is -2.37. The molecule has 0 aromatic heterocycles. The van der Waals surface area contributed by atoms with Gasteiger partial charge in [-0.25, -0.2) is 16.8 Å². The summed E-state index contributed by atoms with van der Waals surface area (Å²) in [4.78, 5) is 13.5. The van der Waals surface area contributed by atoms with Gasteiger partial charge >= 0.3 is 0 Å². The topological polar surface area (TPSA) is 104 Å². The number of hydrogen-bond donors (Lipinski definition) is 1. The number of nitrogens with zero attached hydrogens (tertiary/aromatic N) is 2. The van der Waals surface area contributed by atoms with E-state index in [1.54, 1.807) is 17.4 Å². The van der Waals surface area contributed by atoms with Gasteiger partial charge in [-0.15, -0.1) is 0 Å². The van der Waals surface area contributed by atoms with Crippen LogP contribution in [0.25, 0.3) is 0 Å². The molecule has 172 valence electrons. The molecular formula is C22H27N3O5S2. The number of fused-ring (bicyclic) bond motifs is 1. The molecule has 8 nitrogen and oxygen atoms in total. The zero-order valence-corrected chi connectivity index (χ0v) is 19.9. The van der Waals surface area contributed by atoms with Crippen LogP contribution in [-0.2, 0) is 31.3 Å². The van der Waals surface area contributed by atoms with Gasteiger partial charge in [0.25, 0.3) is 10.0 Å². The highest BCUT2D eigenvalue weighted by Crippen LogP contribution is 2.32. The molecule has 0 aliphatic carbocycles. The highest BCUT2D eigenvalue weighted by Gasteiger charge is 2.35. The molecule has 2 aromatic rings. The van der Waals surface area contributed by atoms with E-state index in [4.69, 9.17) is 0 Å².